The van der Waals surface area contributed by atoms with Crippen molar-refractivity contribution in [2.75, 3.05) is 12.8 Å². The van der Waals surface area contributed by atoms with Gasteiger partial charge in [0.05, 0.1) is 13.0 Å². The van der Waals surface area contributed by atoms with Crippen molar-refractivity contribution in [1.29, 1.82) is 0 Å². The molecule has 2 unspecified atom stereocenters. The van der Waals surface area contributed by atoms with Crippen LogP contribution in [0.4, 0.5) is 5.69 Å². The highest BCUT2D eigenvalue weighted by molar-refractivity contribution is 8.00. The Bertz CT molecular complexity index is 411. The van der Waals surface area contributed by atoms with Crippen LogP contribution >= 0.6 is 23.4 Å². The van der Waals surface area contributed by atoms with E-state index in [4.69, 9.17) is 22.1 Å². The second-order valence-electron chi connectivity index (χ2n) is 3.82. The lowest BCUT2D eigenvalue weighted by Crippen LogP contribution is -2.22. The summed E-state index contributed by atoms with van der Waals surface area (Å²) in [7, 11) is 1.39. The number of anilines is 1. The number of carbonyl (C=O) groups excluding carboxylic acids is 1. The molecule has 1 aromatic rings. The number of hydrogen-bond donors (Lipinski definition) is 1. The average Bonchev–Trinajstić information content (AvgIpc) is 2.31. The molecule has 0 aliphatic carbocycles. The topological polar surface area (TPSA) is 52.3 Å². The minimum atomic E-state index is -0.217. The van der Waals surface area contributed by atoms with Crippen LogP contribution in [-0.4, -0.2) is 18.3 Å². The third-order valence-corrected chi connectivity index (χ3v) is 4.19. The number of carbonyl (C=O) groups is 1. The first-order chi connectivity index (χ1) is 7.95. The van der Waals surface area contributed by atoms with Gasteiger partial charge in [0.2, 0.25) is 0 Å². The predicted octanol–water partition coefficient (Wildman–Crippen LogP) is 3.21. The molecular weight excluding hydrogens is 258 g/mol. The smallest absolute Gasteiger partial charge is 0.309 e. The largest absolute Gasteiger partial charge is 0.469 e. The van der Waals surface area contributed by atoms with Crippen LogP contribution in [0.5, 0.6) is 0 Å². The molecule has 0 heterocycles. The summed E-state index contributed by atoms with van der Waals surface area (Å²) in [4.78, 5) is 12.3. The minimum Gasteiger partial charge on any atom is -0.469 e. The maximum Gasteiger partial charge on any atom is 0.309 e. The van der Waals surface area contributed by atoms with Crippen molar-refractivity contribution in [2.24, 2.45) is 5.92 Å². The van der Waals surface area contributed by atoms with Gasteiger partial charge >= 0.3 is 5.97 Å². The van der Waals surface area contributed by atoms with E-state index in [1.807, 2.05) is 19.9 Å². The number of hydrogen-bond acceptors (Lipinski definition) is 4. The van der Waals surface area contributed by atoms with Gasteiger partial charge in [0.15, 0.2) is 0 Å². The highest BCUT2D eigenvalue weighted by Gasteiger charge is 2.22. The molecule has 0 saturated heterocycles. The van der Waals surface area contributed by atoms with Gasteiger partial charge in [-0.1, -0.05) is 25.4 Å². The zero-order chi connectivity index (χ0) is 13.0. The van der Waals surface area contributed by atoms with Crippen molar-refractivity contribution in [2.45, 2.75) is 24.0 Å². The number of thioether (sulfide) groups is 1. The van der Waals surface area contributed by atoms with E-state index in [0.717, 1.165) is 4.90 Å². The second-order valence-corrected chi connectivity index (χ2v) is 5.67. The second kappa shape index (κ2) is 6.17. The molecule has 0 aliphatic rings. The van der Waals surface area contributed by atoms with Crippen molar-refractivity contribution < 1.29 is 9.53 Å². The van der Waals surface area contributed by atoms with Crippen molar-refractivity contribution >= 4 is 35.0 Å². The molecule has 1 rings (SSSR count). The summed E-state index contributed by atoms with van der Waals surface area (Å²) in [6.45, 7) is 3.80. The summed E-state index contributed by atoms with van der Waals surface area (Å²) in [5.41, 5.74) is 6.52. The number of nitrogen functional groups attached to an aromatic ring is 1. The van der Waals surface area contributed by atoms with Gasteiger partial charge in [0, 0.05) is 20.9 Å². The van der Waals surface area contributed by atoms with Gasteiger partial charge in [0.25, 0.3) is 0 Å². The first kappa shape index (κ1) is 14.2. The maximum absolute atomic E-state index is 11.4. The number of esters is 1. The normalized spacial score (nSPS) is 14.1. The Kier molecular flexibility index (Phi) is 5.15. The molecule has 0 aliphatic heterocycles. The maximum atomic E-state index is 11.4. The fourth-order valence-corrected chi connectivity index (χ4v) is 2.64. The Morgan fingerprint density at radius 3 is 2.71 bits per heavy atom. The molecule has 0 saturated carbocycles. The predicted molar refractivity (Wildman–Crippen MR) is 72.4 cm³/mol. The van der Waals surface area contributed by atoms with Crippen molar-refractivity contribution in [3.05, 3.63) is 23.2 Å². The van der Waals surface area contributed by atoms with Crippen LogP contribution < -0.4 is 5.73 Å². The van der Waals surface area contributed by atoms with Crippen molar-refractivity contribution in [1.82, 2.24) is 0 Å². The molecule has 17 heavy (non-hydrogen) atoms. The summed E-state index contributed by atoms with van der Waals surface area (Å²) < 4.78 is 4.72. The lowest BCUT2D eigenvalue weighted by Gasteiger charge is -2.18. The van der Waals surface area contributed by atoms with Crippen LogP contribution in [0.2, 0.25) is 5.02 Å². The van der Waals surface area contributed by atoms with Crippen LogP contribution in [0.3, 0.4) is 0 Å². The van der Waals surface area contributed by atoms with Crippen LogP contribution in [0.25, 0.3) is 0 Å². The van der Waals surface area contributed by atoms with Crippen LogP contribution in [0.1, 0.15) is 13.8 Å². The Morgan fingerprint density at radius 2 is 2.12 bits per heavy atom. The molecule has 0 bridgehead atoms. The van der Waals surface area contributed by atoms with E-state index in [9.17, 15) is 4.79 Å². The molecular formula is C12H16ClNO2S. The Balaban J connectivity index is 2.77. The van der Waals surface area contributed by atoms with E-state index >= 15 is 0 Å². The van der Waals surface area contributed by atoms with E-state index in [-0.39, 0.29) is 17.1 Å². The van der Waals surface area contributed by atoms with Crippen molar-refractivity contribution in [3.8, 4) is 0 Å². The van der Waals surface area contributed by atoms with E-state index < -0.39 is 0 Å². The van der Waals surface area contributed by atoms with Gasteiger partial charge in [-0.15, -0.1) is 11.8 Å². The molecule has 0 amide bonds. The number of rotatable bonds is 4. The Morgan fingerprint density at radius 1 is 1.47 bits per heavy atom. The Hall–Kier alpha value is -0.870. The van der Waals surface area contributed by atoms with Gasteiger partial charge in [-0.05, 0) is 18.2 Å². The molecule has 2 atom stereocenters. The first-order valence-electron chi connectivity index (χ1n) is 5.25. The number of benzene rings is 1. The van der Waals surface area contributed by atoms with E-state index in [2.05, 4.69) is 0 Å². The van der Waals surface area contributed by atoms with Gasteiger partial charge in [-0.3, -0.25) is 4.79 Å². The van der Waals surface area contributed by atoms with Crippen LogP contribution in [-0.2, 0) is 9.53 Å². The summed E-state index contributed by atoms with van der Waals surface area (Å²) in [6, 6.07) is 5.32. The molecule has 0 spiro atoms. The number of ether oxygens (including phenoxy) is 1. The molecule has 94 valence electrons. The monoisotopic (exact) mass is 273 g/mol. The number of nitrogens with two attached hydrogens (primary N) is 1. The van der Waals surface area contributed by atoms with Gasteiger partial charge in [-0.25, -0.2) is 0 Å². The van der Waals surface area contributed by atoms with Gasteiger partial charge in [0.1, 0.15) is 0 Å². The minimum absolute atomic E-state index is 0.0724. The molecule has 1 aromatic carbocycles. The number of methoxy groups -OCH3 is 1. The first-order valence-corrected chi connectivity index (χ1v) is 6.51. The average molecular weight is 274 g/mol. The van der Waals surface area contributed by atoms with Crippen LogP contribution in [0, 0.1) is 5.92 Å². The van der Waals surface area contributed by atoms with E-state index in [1.54, 1.807) is 12.1 Å². The summed E-state index contributed by atoms with van der Waals surface area (Å²) in [6.07, 6.45) is 0. The van der Waals surface area contributed by atoms with Gasteiger partial charge < -0.3 is 10.5 Å². The molecule has 0 aromatic heterocycles. The van der Waals surface area contributed by atoms with E-state index in [1.165, 1.54) is 18.9 Å². The fourth-order valence-electron chi connectivity index (χ4n) is 1.29. The third-order valence-electron chi connectivity index (χ3n) is 2.57. The standard InChI is InChI=1S/C12H16ClNO2S/c1-7(12(15)16-3)8(2)17-11-6-9(13)4-5-10(11)14/h4-8H,14H2,1-3H3. The summed E-state index contributed by atoms with van der Waals surface area (Å²) in [5.74, 6) is -0.408. The van der Waals surface area contributed by atoms with E-state index in [0.29, 0.717) is 10.7 Å². The van der Waals surface area contributed by atoms with Crippen molar-refractivity contribution in [3.63, 3.8) is 0 Å². The fraction of sp³-hybridized carbons (Fsp3) is 0.417. The Labute approximate surface area is 111 Å². The molecule has 0 radical (unpaired) electrons. The molecule has 0 fully saturated rings. The zero-order valence-corrected chi connectivity index (χ0v) is 11.6. The van der Waals surface area contributed by atoms with Crippen LogP contribution in [0.15, 0.2) is 23.1 Å². The third kappa shape index (κ3) is 3.82. The lowest BCUT2D eigenvalue weighted by atomic mass is 10.1. The van der Waals surface area contributed by atoms with Gasteiger partial charge in [-0.2, -0.15) is 0 Å². The quantitative estimate of drug-likeness (QED) is 0.520. The molecule has 3 nitrogen and oxygen atoms in total. The highest BCUT2D eigenvalue weighted by Crippen LogP contribution is 2.34. The summed E-state index contributed by atoms with van der Waals surface area (Å²) in [5, 5.41) is 0.711. The molecule has 2 N–H and O–H groups in total. The SMILES string of the molecule is COC(=O)C(C)C(C)Sc1cc(Cl)ccc1N. The number of halogens is 1. The lowest BCUT2D eigenvalue weighted by molar-refractivity contribution is -0.144. The zero-order valence-electron chi connectivity index (χ0n) is 10.1. The highest BCUT2D eigenvalue weighted by atomic mass is 35.5. The summed E-state index contributed by atoms with van der Waals surface area (Å²) >= 11 is 7.44. The molecule has 5 heteroatoms.